The van der Waals surface area contributed by atoms with Crippen LogP contribution in [0.15, 0.2) is 40.6 Å². The third-order valence-corrected chi connectivity index (χ3v) is 5.95. The van der Waals surface area contributed by atoms with Crippen molar-refractivity contribution >= 4 is 21.4 Å². The molecule has 2 N–H and O–H groups in total. The second-order valence-corrected chi connectivity index (χ2v) is 8.73. The molecule has 5 nitrogen and oxygen atoms in total. The van der Waals surface area contributed by atoms with Crippen LogP contribution in [0.5, 0.6) is 5.75 Å². The van der Waals surface area contributed by atoms with E-state index in [9.17, 15) is 13.5 Å². The van der Waals surface area contributed by atoms with E-state index in [1.54, 1.807) is 12.1 Å². The maximum atomic E-state index is 12.3. The smallest absolute Gasteiger partial charge is 0.240 e. The van der Waals surface area contributed by atoms with Gasteiger partial charge in [-0.1, -0.05) is 13.8 Å². The average molecular weight is 370 g/mol. The molecule has 0 radical (unpaired) electrons. The van der Waals surface area contributed by atoms with E-state index < -0.39 is 16.1 Å². The topological polar surface area (TPSA) is 75.6 Å². The van der Waals surface area contributed by atoms with E-state index >= 15 is 0 Å². The minimum Gasteiger partial charge on any atom is -0.493 e. The number of rotatable bonds is 8. The van der Waals surface area contributed by atoms with Gasteiger partial charge in [-0.25, -0.2) is 13.1 Å². The Morgan fingerprint density at radius 1 is 1.21 bits per heavy atom. The van der Waals surface area contributed by atoms with Gasteiger partial charge in [0.05, 0.1) is 11.5 Å². The summed E-state index contributed by atoms with van der Waals surface area (Å²) in [5.74, 6) is 1.04. The first-order valence-electron chi connectivity index (χ1n) is 7.74. The summed E-state index contributed by atoms with van der Waals surface area (Å²) in [7, 11) is -3.67. The summed E-state index contributed by atoms with van der Waals surface area (Å²) in [4.78, 5) is 0.921. The highest BCUT2D eigenvalue weighted by atomic mass is 32.2. The molecule has 0 aliphatic rings. The molecular formula is C17H23NO4S2. The molecule has 0 aliphatic carbocycles. The van der Waals surface area contributed by atoms with Crippen molar-refractivity contribution < 1.29 is 18.3 Å². The van der Waals surface area contributed by atoms with Crippen LogP contribution in [0, 0.1) is 12.8 Å². The van der Waals surface area contributed by atoms with E-state index in [2.05, 4.69) is 4.72 Å². The largest absolute Gasteiger partial charge is 0.493 e. The van der Waals surface area contributed by atoms with E-state index in [1.165, 1.54) is 23.5 Å². The molecule has 1 aromatic heterocycles. The van der Waals surface area contributed by atoms with E-state index in [4.69, 9.17) is 4.74 Å². The Labute approximate surface area is 147 Å². The number of benzene rings is 1. The highest BCUT2D eigenvalue weighted by molar-refractivity contribution is 7.89. The fourth-order valence-corrected chi connectivity index (χ4v) is 4.02. The summed E-state index contributed by atoms with van der Waals surface area (Å²) >= 11 is 1.41. The van der Waals surface area contributed by atoms with E-state index in [0.29, 0.717) is 18.3 Å². The van der Waals surface area contributed by atoms with Crippen LogP contribution in [0.2, 0.25) is 0 Å². The maximum Gasteiger partial charge on any atom is 0.240 e. The predicted octanol–water partition coefficient (Wildman–Crippen LogP) is 3.10. The van der Waals surface area contributed by atoms with Gasteiger partial charge in [0.1, 0.15) is 11.9 Å². The zero-order valence-corrected chi connectivity index (χ0v) is 15.7. The number of sulfonamides is 1. The van der Waals surface area contributed by atoms with E-state index in [0.717, 1.165) is 10.4 Å². The lowest BCUT2D eigenvalue weighted by Gasteiger charge is -2.13. The Kier molecular flexibility index (Phi) is 6.40. The van der Waals surface area contributed by atoms with Crippen molar-refractivity contribution in [3.05, 3.63) is 46.2 Å². The monoisotopic (exact) mass is 369 g/mol. The molecule has 1 atom stereocenters. The SMILES string of the molecule is Cc1ccsc1[C@@H](O)CNS(=O)(=O)c1ccc(OCC(C)C)cc1. The molecule has 132 valence electrons. The minimum atomic E-state index is -3.67. The third kappa shape index (κ3) is 5.04. The quantitative estimate of drug-likeness (QED) is 0.750. The van der Waals surface area contributed by atoms with Gasteiger partial charge in [-0.3, -0.25) is 0 Å². The number of aliphatic hydroxyl groups is 1. The minimum absolute atomic E-state index is 0.0602. The molecule has 0 amide bonds. The zero-order chi connectivity index (χ0) is 17.7. The Morgan fingerprint density at radius 3 is 2.42 bits per heavy atom. The van der Waals surface area contributed by atoms with Gasteiger partial charge < -0.3 is 9.84 Å². The summed E-state index contributed by atoms with van der Waals surface area (Å²) in [6, 6.07) is 8.17. The number of hydrogen-bond acceptors (Lipinski definition) is 5. The van der Waals surface area contributed by atoms with Gasteiger partial charge in [-0.05, 0) is 54.1 Å². The normalized spacial score (nSPS) is 13.2. The van der Waals surface area contributed by atoms with Crippen LogP contribution in [0.25, 0.3) is 0 Å². The van der Waals surface area contributed by atoms with Crippen LogP contribution in [0.1, 0.15) is 30.4 Å². The molecule has 2 rings (SSSR count). The first kappa shape index (κ1) is 18.9. The Hall–Kier alpha value is -1.41. The van der Waals surface area contributed by atoms with E-state index in [-0.39, 0.29) is 11.4 Å². The molecule has 1 heterocycles. The second-order valence-electron chi connectivity index (χ2n) is 6.01. The molecule has 0 spiro atoms. The van der Waals surface area contributed by atoms with Crippen LogP contribution in [-0.4, -0.2) is 26.7 Å². The third-order valence-electron chi connectivity index (χ3n) is 3.39. The van der Waals surface area contributed by atoms with Crippen LogP contribution in [0.4, 0.5) is 0 Å². The number of aliphatic hydroxyl groups excluding tert-OH is 1. The van der Waals surface area contributed by atoms with Crippen LogP contribution in [0.3, 0.4) is 0 Å². The maximum absolute atomic E-state index is 12.3. The Balaban J connectivity index is 1.98. The fraction of sp³-hybridized carbons (Fsp3) is 0.412. The number of aryl methyl sites for hydroxylation is 1. The van der Waals surface area contributed by atoms with Gasteiger partial charge >= 0.3 is 0 Å². The van der Waals surface area contributed by atoms with Crippen molar-refractivity contribution in [1.29, 1.82) is 0 Å². The molecule has 24 heavy (non-hydrogen) atoms. The summed E-state index contributed by atoms with van der Waals surface area (Å²) in [6.45, 7) is 6.50. The highest BCUT2D eigenvalue weighted by Gasteiger charge is 2.18. The Bertz CT molecular complexity index is 751. The summed E-state index contributed by atoms with van der Waals surface area (Å²) < 4.78 is 32.6. The zero-order valence-electron chi connectivity index (χ0n) is 14.0. The van der Waals surface area contributed by atoms with Crippen molar-refractivity contribution in [2.45, 2.75) is 31.8 Å². The number of nitrogens with one attached hydrogen (secondary N) is 1. The standard InChI is InChI=1S/C17H23NO4S2/c1-12(2)11-22-14-4-6-15(7-5-14)24(20,21)18-10-16(19)17-13(3)8-9-23-17/h4-9,12,16,18-19H,10-11H2,1-3H3/t16-/m0/s1. The van der Waals surface area contributed by atoms with Crippen LogP contribution in [-0.2, 0) is 10.0 Å². The predicted molar refractivity (Wildman–Crippen MR) is 96.0 cm³/mol. The second kappa shape index (κ2) is 8.11. The molecule has 2 aromatic rings. The first-order valence-corrected chi connectivity index (χ1v) is 10.1. The molecule has 0 unspecified atom stereocenters. The highest BCUT2D eigenvalue weighted by Crippen LogP contribution is 2.24. The number of thiophene rings is 1. The molecule has 7 heteroatoms. The molecule has 1 aromatic carbocycles. The lowest BCUT2D eigenvalue weighted by molar-refractivity contribution is 0.185. The van der Waals surface area contributed by atoms with Crippen molar-refractivity contribution in [1.82, 2.24) is 4.72 Å². The number of ether oxygens (including phenoxy) is 1. The average Bonchev–Trinajstić information content (AvgIpc) is 2.97. The molecule has 0 saturated carbocycles. The molecule has 0 aliphatic heterocycles. The summed E-state index contributed by atoms with van der Waals surface area (Å²) in [5, 5.41) is 12.0. The molecular weight excluding hydrogens is 346 g/mol. The first-order chi connectivity index (χ1) is 11.3. The van der Waals surface area contributed by atoms with Gasteiger partial charge in [0.2, 0.25) is 10.0 Å². The van der Waals surface area contributed by atoms with Gasteiger partial charge in [0, 0.05) is 11.4 Å². The van der Waals surface area contributed by atoms with Crippen LogP contribution < -0.4 is 9.46 Å². The van der Waals surface area contributed by atoms with Crippen molar-refractivity contribution in [2.24, 2.45) is 5.92 Å². The lowest BCUT2D eigenvalue weighted by Crippen LogP contribution is -2.28. The number of hydrogen-bond donors (Lipinski definition) is 2. The van der Waals surface area contributed by atoms with Gasteiger partial charge in [0.15, 0.2) is 0 Å². The molecule has 0 fully saturated rings. The van der Waals surface area contributed by atoms with Crippen molar-refractivity contribution in [3.63, 3.8) is 0 Å². The van der Waals surface area contributed by atoms with Crippen LogP contribution >= 0.6 is 11.3 Å². The van der Waals surface area contributed by atoms with E-state index in [1.807, 2.05) is 32.2 Å². The fourth-order valence-electron chi connectivity index (χ4n) is 2.07. The lowest BCUT2D eigenvalue weighted by atomic mass is 10.2. The van der Waals surface area contributed by atoms with Crippen molar-refractivity contribution in [2.75, 3.05) is 13.2 Å². The van der Waals surface area contributed by atoms with Gasteiger partial charge in [0.25, 0.3) is 0 Å². The molecule has 0 bridgehead atoms. The van der Waals surface area contributed by atoms with Gasteiger partial charge in [-0.2, -0.15) is 0 Å². The molecule has 0 saturated heterocycles. The Morgan fingerprint density at radius 2 is 1.88 bits per heavy atom. The summed E-state index contributed by atoms with van der Waals surface area (Å²) in [6.07, 6.45) is -0.853. The summed E-state index contributed by atoms with van der Waals surface area (Å²) in [5.41, 5.74) is 0.957. The van der Waals surface area contributed by atoms with Gasteiger partial charge in [-0.15, -0.1) is 11.3 Å². The van der Waals surface area contributed by atoms with Crippen molar-refractivity contribution in [3.8, 4) is 5.75 Å².